The van der Waals surface area contributed by atoms with Crippen LogP contribution in [0.3, 0.4) is 0 Å². The van der Waals surface area contributed by atoms with Crippen molar-refractivity contribution >= 4 is 17.9 Å². The van der Waals surface area contributed by atoms with Crippen LogP contribution in [0, 0.1) is 17.8 Å². The van der Waals surface area contributed by atoms with Crippen molar-refractivity contribution in [2.24, 2.45) is 17.8 Å². The summed E-state index contributed by atoms with van der Waals surface area (Å²) in [5.74, 6) is 1.69. The van der Waals surface area contributed by atoms with E-state index in [9.17, 15) is 14.4 Å². The standard InChI is InChI=1S/C52H100O6/c1-7-47(5)39-33-27-21-15-12-13-17-25-31-37-43-52(55)58-49(45-57-51(54)42-36-30-24-19-18-22-28-34-40-48(6)8-2)44-56-50(53)41-35-29-23-16-11-9-10-14-20-26-32-38-46(3)4/h46-49H,7-45H2,1-6H3/t47?,48?,49-/m1/s1. The van der Waals surface area contributed by atoms with E-state index in [1.54, 1.807) is 0 Å². The summed E-state index contributed by atoms with van der Waals surface area (Å²) in [5, 5.41) is 0. The first-order valence-electron chi connectivity index (χ1n) is 25.7. The molecule has 6 heteroatoms. The highest BCUT2D eigenvalue weighted by atomic mass is 16.6. The van der Waals surface area contributed by atoms with Crippen LogP contribution in [-0.2, 0) is 28.6 Å². The highest BCUT2D eigenvalue weighted by molar-refractivity contribution is 5.71. The molecule has 2 unspecified atom stereocenters. The number of carbonyl (C=O) groups excluding carboxylic acids is 3. The first kappa shape index (κ1) is 56.4. The van der Waals surface area contributed by atoms with Gasteiger partial charge in [0.25, 0.3) is 0 Å². The number of hydrogen-bond acceptors (Lipinski definition) is 6. The van der Waals surface area contributed by atoms with Gasteiger partial charge in [-0.1, -0.05) is 241 Å². The largest absolute Gasteiger partial charge is 0.462 e. The fraction of sp³-hybridized carbons (Fsp3) is 0.942. The van der Waals surface area contributed by atoms with Crippen LogP contribution >= 0.6 is 0 Å². The Hall–Kier alpha value is -1.59. The molecule has 3 atom stereocenters. The second-order valence-electron chi connectivity index (χ2n) is 18.8. The van der Waals surface area contributed by atoms with E-state index in [0.717, 1.165) is 75.5 Å². The number of hydrogen-bond donors (Lipinski definition) is 0. The second kappa shape index (κ2) is 43.5. The molecule has 6 nitrogen and oxygen atoms in total. The number of esters is 3. The quantitative estimate of drug-likeness (QED) is 0.0346. The molecule has 58 heavy (non-hydrogen) atoms. The molecule has 0 radical (unpaired) electrons. The van der Waals surface area contributed by atoms with Gasteiger partial charge in [0.1, 0.15) is 13.2 Å². The molecule has 0 aliphatic heterocycles. The summed E-state index contributed by atoms with van der Waals surface area (Å²) < 4.78 is 16.8. The summed E-state index contributed by atoms with van der Waals surface area (Å²) in [5.41, 5.74) is 0. The fourth-order valence-electron chi connectivity index (χ4n) is 7.70. The van der Waals surface area contributed by atoms with Gasteiger partial charge in [0.2, 0.25) is 0 Å². The maximum Gasteiger partial charge on any atom is 0.306 e. The highest BCUT2D eigenvalue weighted by Crippen LogP contribution is 2.18. The van der Waals surface area contributed by atoms with Crippen molar-refractivity contribution in [1.29, 1.82) is 0 Å². The predicted molar refractivity (Wildman–Crippen MR) is 247 cm³/mol. The van der Waals surface area contributed by atoms with E-state index in [1.165, 1.54) is 161 Å². The Morgan fingerprint density at radius 2 is 0.603 bits per heavy atom. The first-order chi connectivity index (χ1) is 28.2. The number of ether oxygens (including phenoxy) is 3. The molecule has 0 aromatic carbocycles. The molecular formula is C52H100O6. The third-order valence-electron chi connectivity index (χ3n) is 12.4. The number of carbonyl (C=O) groups is 3. The van der Waals surface area contributed by atoms with Crippen LogP contribution in [0.4, 0.5) is 0 Å². The zero-order chi connectivity index (χ0) is 42.7. The van der Waals surface area contributed by atoms with E-state index in [1.807, 2.05) is 0 Å². The summed E-state index contributed by atoms with van der Waals surface area (Å²) in [6, 6.07) is 0. The maximum absolute atomic E-state index is 12.8. The van der Waals surface area contributed by atoms with Gasteiger partial charge in [-0.15, -0.1) is 0 Å². The molecule has 0 aliphatic carbocycles. The van der Waals surface area contributed by atoms with E-state index in [2.05, 4.69) is 41.5 Å². The van der Waals surface area contributed by atoms with Crippen LogP contribution in [-0.4, -0.2) is 37.2 Å². The van der Waals surface area contributed by atoms with Gasteiger partial charge in [-0.3, -0.25) is 14.4 Å². The van der Waals surface area contributed by atoms with Crippen LogP contribution in [0.5, 0.6) is 0 Å². The lowest BCUT2D eigenvalue weighted by molar-refractivity contribution is -0.167. The fourth-order valence-corrected chi connectivity index (χ4v) is 7.70. The van der Waals surface area contributed by atoms with Crippen molar-refractivity contribution in [2.75, 3.05) is 13.2 Å². The van der Waals surface area contributed by atoms with E-state index in [-0.39, 0.29) is 31.1 Å². The molecule has 0 amide bonds. The van der Waals surface area contributed by atoms with Gasteiger partial charge in [-0.25, -0.2) is 0 Å². The van der Waals surface area contributed by atoms with Gasteiger partial charge in [-0.05, 0) is 37.0 Å². The van der Waals surface area contributed by atoms with Gasteiger partial charge in [0.05, 0.1) is 0 Å². The third kappa shape index (κ3) is 42.5. The highest BCUT2D eigenvalue weighted by Gasteiger charge is 2.19. The van der Waals surface area contributed by atoms with Gasteiger partial charge < -0.3 is 14.2 Å². The zero-order valence-corrected chi connectivity index (χ0v) is 39.8. The van der Waals surface area contributed by atoms with Gasteiger partial charge in [0, 0.05) is 19.3 Å². The second-order valence-corrected chi connectivity index (χ2v) is 18.8. The molecule has 0 spiro atoms. The van der Waals surface area contributed by atoms with Crippen LogP contribution in [0.25, 0.3) is 0 Å². The minimum atomic E-state index is -0.763. The summed E-state index contributed by atoms with van der Waals surface area (Å²) >= 11 is 0. The first-order valence-corrected chi connectivity index (χ1v) is 25.7. The summed E-state index contributed by atoms with van der Waals surface area (Å²) in [6.07, 6.45) is 42.2. The van der Waals surface area contributed by atoms with Crippen LogP contribution < -0.4 is 0 Å². The van der Waals surface area contributed by atoms with Gasteiger partial charge >= 0.3 is 17.9 Å². The molecule has 0 bridgehead atoms. The normalized spacial score (nSPS) is 13.1. The van der Waals surface area contributed by atoms with Crippen LogP contribution in [0.2, 0.25) is 0 Å². The average molecular weight is 821 g/mol. The molecule has 0 aromatic rings. The van der Waals surface area contributed by atoms with Gasteiger partial charge in [0.15, 0.2) is 6.10 Å². The molecule has 0 aliphatic rings. The molecule has 0 saturated heterocycles. The molecular weight excluding hydrogens is 721 g/mol. The third-order valence-corrected chi connectivity index (χ3v) is 12.4. The van der Waals surface area contributed by atoms with E-state index in [0.29, 0.717) is 19.3 Å². The number of rotatable bonds is 45. The van der Waals surface area contributed by atoms with Crippen molar-refractivity contribution in [3.8, 4) is 0 Å². The van der Waals surface area contributed by atoms with E-state index < -0.39 is 6.10 Å². The lowest BCUT2D eigenvalue weighted by Gasteiger charge is -2.18. The number of unbranched alkanes of at least 4 members (excludes halogenated alkanes) is 26. The Morgan fingerprint density at radius 3 is 0.897 bits per heavy atom. The Balaban J connectivity index is 4.35. The molecule has 0 aromatic heterocycles. The Bertz CT molecular complexity index is 902. The molecule has 344 valence electrons. The van der Waals surface area contributed by atoms with E-state index >= 15 is 0 Å². The van der Waals surface area contributed by atoms with Crippen molar-refractivity contribution in [3.63, 3.8) is 0 Å². The lowest BCUT2D eigenvalue weighted by atomic mass is 9.99. The summed E-state index contributed by atoms with van der Waals surface area (Å²) in [4.78, 5) is 37.9. The minimum Gasteiger partial charge on any atom is -0.462 e. The lowest BCUT2D eigenvalue weighted by Crippen LogP contribution is -2.30. The minimum absolute atomic E-state index is 0.0652. The summed E-state index contributed by atoms with van der Waals surface area (Å²) in [6.45, 7) is 13.7. The van der Waals surface area contributed by atoms with Crippen molar-refractivity contribution in [1.82, 2.24) is 0 Å². The monoisotopic (exact) mass is 821 g/mol. The predicted octanol–water partition coefficient (Wildman–Crippen LogP) is 16.4. The molecule has 0 saturated carbocycles. The Kier molecular flexibility index (Phi) is 42.3. The smallest absolute Gasteiger partial charge is 0.306 e. The van der Waals surface area contributed by atoms with Crippen molar-refractivity contribution < 1.29 is 28.6 Å². The molecule has 0 heterocycles. The zero-order valence-electron chi connectivity index (χ0n) is 39.8. The summed E-state index contributed by atoms with van der Waals surface area (Å²) in [7, 11) is 0. The SMILES string of the molecule is CCC(C)CCCCCCCCCCCCC(=O)O[C@H](COC(=O)CCCCCCCCCCCCCC(C)C)COC(=O)CCCCCCCCCCC(C)CC. The molecule has 0 N–H and O–H groups in total. The van der Waals surface area contributed by atoms with Crippen molar-refractivity contribution in [2.45, 2.75) is 285 Å². The molecule has 0 rings (SSSR count). The molecule has 0 fully saturated rings. The Morgan fingerprint density at radius 1 is 0.345 bits per heavy atom. The van der Waals surface area contributed by atoms with Crippen molar-refractivity contribution in [3.05, 3.63) is 0 Å². The van der Waals surface area contributed by atoms with Gasteiger partial charge in [-0.2, -0.15) is 0 Å². The maximum atomic E-state index is 12.8. The van der Waals surface area contributed by atoms with Crippen LogP contribution in [0.15, 0.2) is 0 Å². The Labute approximate surface area is 361 Å². The van der Waals surface area contributed by atoms with E-state index in [4.69, 9.17) is 14.2 Å². The van der Waals surface area contributed by atoms with Crippen LogP contribution in [0.1, 0.15) is 279 Å². The topological polar surface area (TPSA) is 78.9 Å². The average Bonchev–Trinajstić information content (AvgIpc) is 3.21.